The first-order valence-corrected chi connectivity index (χ1v) is 10.4. The molecule has 1 saturated heterocycles. The van der Waals surface area contributed by atoms with Crippen molar-refractivity contribution in [1.82, 2.24) is 19.4 Å². The zero-order valence-corrected chi connectivity index (χ0v) is 17.6. The van der Waals surface area contributed by atoms with Crippen LogP contribution in [0.5, 0.6) is 0 Å². The molecule has 1 aliphatic heterocycles. The summed E-state index contributed by atoms with van der Waals surface area (Å²) in [7, 11) is 0. The molecule has 0 bridgehead atoms. The van der Waals surface area contributed by atoms with E-state index in [0.29, 0.717) is 34.6 Å². The van der Waals surface area contributed by atoms with Gasteiger partial charge in [0.1, 0.15) is 12.6 Å². The average Bonchev–Trinajstić information content (AvgIpc) is 3.06. The molecule has 1 aromatic carbocycles. The van der Waals surface area contributed by atoms with E-state index < -0.39 is 18.0 Å². The van der Waals surface area contributed by atoms with E-state index in [1.54, 1.807) is 41.4 Å². The predicted molar refractivity (Wildman–Crippen MR) is 116 cm³/mol. The number of rotatable bonds is 7. The molecule has 0 radical (unpaired) electrons. The molecule has 0 amide bonds. The first-order valence-electron chi connectivity index (χ1n) is 10.0. The van der Waals surface area contributed by atoms with Gasteiger partial charge in [-0.3, -0.25) is 24.4 Å². The quantitative estimate of drug-likeness (QED) is 0.580. The van der Waals surface area contributed by atoms with E-state index in [-0.39, 0.29) is 6.54 Å². The summed E-state index contributed by atoms with van der Waals surface area (Å²) in [6, 6.07) is 8.24. The smallest absolute Gasteiger partial charge is 0.325 e. The topological polar surface area (TPSA) is 98.9 Å². The van der Waals surface area contributed by atoms with Crippen LogP contribution >= 0.6 is 11.6 Å². The first kappa shape index (κ1) is 21.3. The summed E-state index contributed by atoms with van der Waals surface area (Å²) in [5.41, 5.74) is 2.38. The van der Waals surface area contributed by atoms with Gasteiger partial charge in [-0.25, -0.2) is 0 Å². The molecule has 3 aromatic rings. The normalized spacial score (nSPS) is 16.4. The molecule has 8 nitrogen and oxygen atoms in total. The van der Waals surface area contributed by atoms with Crippen LogP contribution in [0.25, 0.3) is 10.9 Å². The molecule has 2 aromatic heterocycles. The van der Waals surface area contributed by atoms with Crippen LogP contribution in [0, 0.1) is 0 Å². The lowest BCUT2D eigenvalue weighted by Crippen LogP contribution is -2.48. The Balaban J connectivity index is 1.58. The number of aliphatic carboxylic acids is 2. The van der Waals surface area contributed by atoms with Gasteiger partial charge >= 0.3 is 11.9 Å². The lowest BCUT2D eigenvalue weighted by molar-refractivity contribution is -0.144. The summed E-state index contributed by atoms with van der Waals surface area (Å²) in [6.45, 7) is 3.22. The van der Waals surface area contributed by atoms with Crippen LogP contribution in [0.2, 0.25) is 5.02 Å². The van der Waals surface area contributed by atoms with Crippen molar-refractivity contribution in [3.8, 4) is 0 Å². The largest absolute Gasteiger partial charge is 0.480 e. The van der Waals surface area contributed by atoms with E-state index in [1.165, 1.54) is 5.56 Å². The molecule has 1 aliphatic rings. The number of piperazine rings is 1. The summed E-state index contributed by atoms with van der Waals surface area (Å²) in [6.07, 6.45) is 5.17. The number of nitrogens with zero attached hydrogens (tertiary/aromatic N) is 4. The van der Waals surface area contributed by atoms with Gasteiger partial charge in [-0.15, -0.1) is 0 Å². The summed E-state index contributed by atoms with van der Waals surface area (Å²) in [5.74, 6) is -1.95. The molecule has 4 rings (SSSR count). The third-order valence-electron chi connectivity index (χ3n) is 5.64. The van der Waals surface area contributed by atoms with Gasteiger partial charge in [-0.2, -0.15) is 0 Å². The Morgan fingerprint density at radius 1 is 1.06 bits per heavy atom. The molecule has 0 aliphatic carbocycles. The molecule has 162 valence electrons. The van der Waals surface area contributed by atoms with Gasteiger partial charge in [-0.1, -0.05) is 17.7 Å². The van der Waals surface area contributed by atoms with Crippen LogP contribution < -0.4 is 0 Å². The van der Waals surface area contributed by atoms with Gasteiger partial charge in [0.25, 0.3) is 0 Å². The predicted octanol–water partition coefficient (Wildman–Crippen LogP) is 2.72. The molecule has 0 spiro atoms. The highest BCUT2D eigenvalue weighted by Gasteiger charge is 2.33. The maximum absolute atomic E-state index is 12.3. The third kappa shape index (κ3) is 4.71. The van der Waals surface area contributed by atoms with Crippen molar-refractivity contribution in [1.29, 1.82) is 0 Å². The standard InChI is InChI=1S/C22H23ClN4O4/c23-16-1-2-17-18(13-27(14-20(28)29)19(17)11-16)21(22(30)31)26-9-7-25(8-10-26)12-15-3-5-24-6-4-15/h1-6,11,13,21H,7-10,12,14H2,(H,28,29)(H,30,31). The van der Waals surface area contributed by atoms with E-state index >= 15 is 0 Å². The number of benzene rings is 1. The monoisotopic (exact) mass is 442 g/mol. The molecule has 2 N–H and O–H groups in total. The van der Waals surface area contributed by atoms with Gasteiger partial charge in [0.05, 0.1) is 5.52 Å². The van der Waals surface area contributed by atoms with Gasteiger partial charge < -0.3 is 14.8 Å². The summed E-state index contributed by atoms with van der Waals surface area (Å²) in [5, 5.41) is 20.5. The average molecular weight is 443 g/mol. The number of aromatic nitrogens is 2. The van der Waals surface area contributed by atoms with Crippen molar-refractivity contribution in [3.63, 3.8) is 0 Å². The maximum Gasteiger partial charge on any atom is 0.325 e. The van der Waals surface area contributed by atoms with E-state index in [2.05, 4.69) is 9.88 Å². The minimum absolute atomic E-state index is 0.261. The molecule has 31 heavy (non-hydrogen) atoms. The number of pyridine rings is 1. The van der Waals surface area contributed by atoms with E-state index in [0.717, 1.165) is 19.6 Å². The second-order valence-corrected chi connectivity index (χ2v) is 8.11. The Kier molecular flexibility index (Phi) is 6.22. The SMILES string of the molecule is O=C(O)Cn1cc(C(C(=O)O)N2CCN(Cc3ccncc3)CC2)c2ccc(Cl)cc21. The third-order valence-corrected chi connectivity index (χ3v) is 5.87. The number of hydrogen-bond acceptors (Lipinski definition) is 5. The zero-order chi connectivity index (χ0) is 22.0. The Labute approximate surface area is 184 Å². The van der Waals surface area contributed by atoms with Crippen molar-refractivity contribution in [3.05, 3.63) is 65.1 Å². The Morgan fingerprint density at radius 2 is 1.77 bits per heavy atom. The highest BCUT2D eigenvalue weighted by molar-refractivity contribution is 6.31. The Hall–Kier alpha value is -2.94. The minimum Gasteiger partial charge on any atom is -0.480 e. The van der Waals surface area contributed by atoms with Gasteiger partial charge in [0.15, 0.2) is 0 Å². The van der Waals surface area contributed by atoms with Crippen molar-refractivity contribution >= 4 is 34.4 Å². The van der Waals surface area contributed by atoms with E-state index in [9.17, 15) is 19.8 Å². The molecular weight excluding hydrogens is 420 g/mol. The molecule has 1 unspecified atom stereocenters. The molecular formula is C22H23ClN4O4. The fourth-order valence-corrected chi connectivity index (χ4v) is 4.37. The van der Waals surface area contributed by atoms with Crippen molar-refractivity contribution in [2.75, 3.05) is 26.2 Å². The number of halogens is 1. The zero-order valence-electron chi connectivity index (χ0n) is 16.8. The van der Waals surface area contributed by atoms with Crippen LogP contribution in [0.15, 0.2) is 48.9 Å². The second kappa shape index (κ2) is 9.05. The fourth-order valence-electron chi connectivity index (χ4n) is 4.20. The highest BCUT2D eigenvalue weighted by Crippen LogP contribution is 2.33. The molecule has 1 fully saturated rings. The first-order chi connectivity index (χ1) is 14.9. The van der Waals surface area contributed by atoms with Gasteiger partial charge in [0.2, 0.25) is 0 Å². The summed E-state index contributed by atoms with van der Waals surface area (Å²) in [4.78, 5) is 31.9. The Morgan fingerprint density at radius 3 is 2.42 bits per heavy atom. The summed E-state index contributed by atoms with van der Waals surface area (Å²) >= 11 is 6.11. The Bertz CT molecular complexity index is 1090. The van der Waals surface area contributed by atoms with Crippen LogP contribution in [-0.4, -0.2) is 67.7 Å². The van der Waals surface area contributed by atoms with Crippen LogP contribution in [0.3, 0.4) is 0 Å². The number of hydrogen-bond donors (Lipinski definition) is 2. The molecule has 3 heterocycles. The second-order valence-electron chi connectivity index (χ2n) is 7.68. The van der Waals surface area contributed by atoms with Gasteiger partial charge in [0, 0.05) is 67.3 Å². The molecule has 1 atom stereocenters. The molecule has 9 heteroatoms. The minimum atomic E-state index is -1.000. The number of fused-ring (bicyclic) bond motifs is 1. The highest BCUT2D eigenvalue weighted by atomic mass is 35.5. The van der Waals surface area contributed by atoms with Crippen molar-refractivity contribution < 1.29 is 19.8 Å². The lowest BCUT2D eigenvalue weighted by atomic mass is 10.0. The fraction of sp³-hybridized carbons (Fsp3) is 0.318. The number of carbonyl (C=O) groups is 2. The maximum atomic E-state index is 12.3. The van der Waals surface area contributed by atoms with Crippen LogP contribution in [0.1, 0.15) is 17.2 Å². The number of carboxylic acid groups (broad SMARTS) is 2. The van der Waals surface area contributed by atoms with Crippen LogP contribution in [0.4, 0.5) is 0 Å². The number of carboxylic acids is 2. The van der Waals surface area contributed by atoms with Gasteiger partial charge in [-0.05, 0) is 29.8 Å². The summed E-state index contributed by atoms with van der Waals surface area (Å²) < 4.78 is 1.55. The van der Waals surface area contributed by atoms with Crippen molar-refractivity contribution in [2.45, 2.75) is 19.1 Å². The van der Waals surface area contributed by atoms with Crippen LogP contribution in [-0.2, 0) is 22.7 Å². The lowest BCUT2D eigenvalue weighted by Gasteiger charge is -2.37. The molecule has 0 saturated carbocycles. The van der Waals surface area contributed by atoms with Crippen molar-refractivity contribution in [2.24, 2.45) is 0 Å². The van der Waals surface area contributed by atoms with E-state index in [1.807, 2.05) is 17.0 Å². The van der Waals surface area contributed by atoms with E-state index in [4.69, 9.17) is 11.6 Å².